The first-order chi connectivity index (χ1) is 31.5. The molecule has 8 aromatic carbocycles. The average Bonchev–Trinajstić information content (AvgIpc) is 3.81. The first kappa shape index (κ1) is 25.7. The van der Waals surface area contributed by atoms with Gasteiger partial charge in [0.25, 0.3) is 0 Å². The lowest BCUT2D eigenvalue weighted by molar-refractivity contribution is 0.952. The number of nitrogens with zero attached hydrogens (tertiary/aromatic N) is 4. The lowest BCUT2D eigenvalue weighted by Gasteiger charge is -2.34. The van der Waals surface area contributed by atoms with Crippen molar-refractivity contribution in [2.75, 3.05) is 0 Å². The number of hydrogen-bond donors (Lipinski definition) is 0. The van der Waals surface area contributed by atoms with Crippen LogP contribution in [0.25, 0.3) is 66.6 Å². The molecular weight excluding hydrogens is 709 g/mol. The van der Waals surface area contributed by atoms with Crippen LogP contribution in [0.4, 0.5) is 0 Å². The molecule has 268 valence electrons. The summed E-state index contributed by atoms with van der Waals surface area (Å²) in [6.45, 7) is 0. The summed E-state index contributed by atoms with van der Waals surface area (Å²) < 4.78 is 77.4. The topological polar surface area (TPSA) is 35.6 Å². The largest absolute Gasteiger partial charge is 0.294 e. The highest BCUT2D eigenvalue weighted by Gasteiger charge is 2.41. The number of fused-ring (bicyclic) bond motifs is 6. The molecule has 0 radical (unpaired) electrons. The van der Waals surface area contributed by atoms with E-state index in [0.717, 1.165) is 37.1 Å². The molecule has 5 heteroatoms. The van der Waals surface area contributed by atoms with Crippen molar-refractivity contribution in [3.8, 4) is 23.0 Å². The van der Waals surface area contributed by atoms with E-state index in [-0.39, 0.29) is 41.4 Å². The maximum atomic E-state index is 10.4. The van der Waals surface area contributed by atoms with Gasteiger partial charge in [-0.05, 0) is 45.0 Å². The molecule has 0 unspecified atom stereocenters. The van der Waals surface area contributed by atoms with Crippen LogP contribution in [0.1, 0.15) is 11.0 Å². The van der Waals surface area contributed by atoms with Gasteiger partial charge in [-0.3, -0.25) is 9.13 Å². The molecule has 0 saturated heterocycles. The summed E-state index contributed by atoms with van der Waals surface area (Å²) >= 11 is 0. The minimum Gasteiger partial charge on any atom is -0.294 e. The van der Waals surface area contributed by atoms with Gasteiger partial charge in [0.05, 0.1) is 38.7 Å². The summed E-state index contributed by atoms with van der Waals surface area (Å²) in [6.07, 6.45) is 0. The minimum absolute atomic E-state index is 0.0656. The van der Waals surface area contributed by atoms with E-state index in [1.54, 1.807) is 54.6 Å². The number of aromatic nitrogens is 4. The minimum atomic E-state index is -3.61. The molecular formula is C52H36N4Si. The summed E-state index contributed by atoms with van der Waals surface area (Å²) in [6, 6.07) is 52.8. The molecule has 4 nitrogen and oxygen atoms in total. The van der Waals surface area contributed by atoms with E-state index in [1.165, 1.54) is 0 Å². The van der Waals surface area contributed by atoms with E-state index < -0.39 is 8.07 Å². The third kappa shape index (κ3) is 5.20. The maximum Gasteiger partial charge on any atom is 0.237 e. The second-order valence-electron chi connectivity index (χ2n) is 14.0. The number of hydrogen-bond acceptors (Lipinski definition) is 2. The maximum absolute atomic E-state index is 10.4. The summed E-state index contributed by atoms with van der Waals surface area (Å²) in [5.41, 5.74) is 3.02. The Morgan fingerprint density at radius 3 is 1.30 bits per heavy atom. The van der Waals surface area contributed by atoms with Gasteiger partial charge < -0.3 is 0 Å². The van der Waals surface area contributed by atoms with E-state index >= 15 is 0 Å². The van der Waals surface area contributed by atoms with Gasteiger partial charge in [0.15, 0.2) is 8.07 Å². The van der Waals surface area contributed by atoms with Crippen molar-refractivity contribution in [2.45, 2.75) is 0 Å². The van der Waals surface area contributed by atoms with Crippen molar-refractivity contribution in [1.29, 1.82) is 0 Å². The van der Waals surface area contributed by atoms with Crippen molar-refractivity contribution in [2.24, 2.45) is 0 Å². The quantitative estimate of drug-likeness (QED) is 0.120. The predicted molar refractivity (Wildman–Crippen MR) is 240 cm³/mol. The van der Waals surface area contributed by atoms with Crippen LogP contribution in [0, 0.1) is 0 Å². The highest BCUT2D eigenvalue weighted by atomic mass is 28.3. The monoisotopic (exact) mass is 752 g/mol. The van der Waals surface area contributed by atoms with E-state index in [2.05, 4.69) is 0 Å². The molecule has 0 fully saturated rings. The molecule has 0 aliphatic rings. The summed E-state index contributed by atoms with van der Waals surface area (Å²) in [5, 5.41) is 6.01. The Kier molecular flexibility index (Phi) is 6.06. The highest BCUT2D eigenvalue weighted by Crippen LogP contribution is 2.35. The Labute approximate surface area is 342 Å². The number of benzene rings is 8. The molecule has 0 aliphatic carbocycles. The van der Waals surface area contributed by atoms with Gasteiger partial charge in [0.2, 0.25) is 5.95 Å². The molecule has 0 bridgehead atoms. The second-order valence-corrected chi connectivity index (χ2v) is 17.7. The van der Waals surface area contributed by atoms with E-state index in [0.29, 0.717) is 57.2 Å². The normalized spacial score (nSPS) is 13.8. The molecule has 0 spiro atoms. The first-order valence-corrected chi connectivity index (χ1v) is 20.7. The van der Waals surface area contributed by atoms with E-state index in [4.69, 9.17) is 15.5 Å². The Balaban J connectivity index is 1.30. The van der Waals surface area contributed by atoms with Crippen molar-refractivity contribution >= 4 is 72.4 Å². The lowest BCUT2D eigenvalue weighted by Crippen LogP contribution is -2.74. The lowest BCUT2D eigenvalue weighted by atomic mass is 10.1. The molecule has 57 heavy (non-hydrogen) atoms. The number of para-hydroxylation sites is 4. The number of rotatable bonds is 7. The van der Waals surface area contributed by atoms with Crippen LogP contribution >= 0.6 is 0 Å². The summed E-state index contributed by atoms with van der Waals surface area (Å²) in [5.74, 6) is 0.543. The van der Waals surface area contributed by atoms with Crippen LogP contribution < -0.4 is 20.7 Å². The van der Waals surface area contributed by atoms with Crippen molar-refractivity contribution in [1.82, 2.24) is 19.1 Å². The van der Waals surface area contributed by atoms with Crippen LogP contribution in [0.15, 0.2) is 218 Å². The molecule has 0 aliphatic heterocycles. The van der Waals surface area contributed by atoms with Gasteiger partial charge in [-0.25, -0.2) is 4.98 Å². The van der Waals surface area contributed by atoms with Gasteiger partial charge >= 0.3 is 0 Å². The summed E-state index contributed by atoms with van der Waals surface area (Å²) in [7, 11) is -3.61. The molecule has 0 atom stereocenters. The SMILES string of the molecule is [2H]c1ccc2c(c1)c1cc([2H])ccc1n2-c1cc(-c2c([2H])c([2H])c([2H])c([Si](c3ccccc3)(c3ccccc3)c3ccccc3)c2[2H])nc(-n2c3ccc([2H])cc3c3cc([2H])ccc32)n1. The van der Waals surface area contributed by atoms with Crippen molar-refractivity contribution in [3.05, 3.63) is 218 Å². The highest BCUT2D eigenvalue weighted by molar-refractivity contribution is 7.19. The average molecular weight is 753 g/mol. The fourth-order valence-corrected chi connectivity index (χ4v) is 13.0. The summed E-state index contributed by atoms with van der Waals surface area (Å²) in [4.78, 5) is 10.5. The zero-order valence-electron chi connectivity index (χ0n) is 38.5. The van der Waals surface area contributed by atoms with Crippen molar-refractivity contribution in [3.63, 3.8) is 0 Å². The van der Waals surface area contributed by atoms with E-state index in [1.807, 2.05) is 124 Å². The Morgan fingerprint density at radius 1 is 0.404 bits per heavy atom. The van der Waals surface area contributed by atoms with Crippen LogP contribution in [0.3, 0.4) is 0 Å². The van der Waals surface area contributed by atoms with Gasteiger partial charge in [-0.2, -0.15) is 4.98 Å². The third-order valence-electron chi connectivity index (χ3n) is 10.9. The molecule has 0 amide bonds. The van der Waals surface area contributed by atoms with Crippen molar-refractivity contribution < 1.29 is 11.0 Å². The van der Waals surface area contributed by atoms with Crippen LogP contribution in [0.5, 0.6) is 0 Å². The Bertz CT molecular complexity index is 3350. The van der Waals surface area contributed by atoms with Gasteiger partial charge in [0.1, 0.15) is 5.82 Å². The Hall–Kier alpha value is -7.34. The smallest absolute Gasteiger partial charge is 0.237 e. The fourth-order valence-electron chi connectivity index (χ4n) is 8.47. The molecule has 3 aromatic heterocycles. The molecule has 0 saturated carbocycles. The van der Waals surface area contributed by atoms with Gasteiger partial charge in [0, 0.05) is 33.2 Å². The van der Waals surface area contributed by atoms with Gasteiger partial charge in [-0.15, -0.1) is 0 Å². The van der Waals surface area contributed by atoms with Crippen LogP contribution in [-0.2, 0) is 0 Å². The van der Waals surface area contributed by atoms with Crippen LogP contribution in [0.2, 0.25) is 0 Å². The first-order valence-electron chi connectivity index (χ1n) is 22.7. The Morgan fingerprint density at radius 2 is 0.842 bits per heavy atom. The van der Waals surface area contributed by atoms with Crippen LogP contribution in [-0.4, -0.2) is 27.2 Å². The molecule has 11 aromatic rings. The predicted octanol–water partition coefficient (Wildman–Crippen LogP) is 9.72. The second kappa shape index (κ2) is 13.4. The standard InChI is InChI=1S/C52H36N4Si/c1-4-20-38(21-5-1)57(39-22-6-2-7-23-39,40-24-8-3-9-25-40)41-26-18-19-37(35-41)46-36-51(55-47-31-14-10-27-42(47)43-28-11-15-32-48(43)55)54-52(53-46)56-49-33-16-12-29-44(49)45-30-13-17-34-50(45)56/h1-36H/i10D,11D,12D,13D,18D,19D,26D,35D. The third-order valence-corrected chi connectivity index (χ3v) is 15.5. The van der Waals surface area contributed by atoms with Gasteiger partial charge in [-0.1, -0.05) is 188 Å². The molecule has 0 N–H and O–H groups in total. The molecule has 11 rings (SSSR count). The fraction of sp³-hybridized carbons (Fsp3) is 0. The molecule has 3 heterocycles. The van der Waals surface area contributed by atoms with E-state index in [9.17, 15) is 5.48 Å². The zero-order valence-corrected chi connectivity index (χ0v) is 31.5. The zero-order chi connectivity index (χ0) is 44.7.